The Morgan fingerprint density at radius 1 is 1.24 bits per heavy atom. The normalized spacial score (nSPS) is 19.0. The lowest BCUT2D eigenvalue weighted by Gasteiger charge is -2.22. The molecule has 172 valence electrons. The van der Waals surface area contributed by atoms with Crippen molar-refractivity contribution in [3.8, 4) is 17.0 Å². The molecule has 1 fully saturated rings. The Morgan fingerprint density at radius 3 is 2.70 bits per heavy atom. The number of hydrogen-bond acceptors (Lipinski definition) is 5. The van der Waals surface area contributed by atoms with E-state index in [0.29, 0.717) is 34.7 Å². The summed E-state index contributed by atoms with van der Waals surface area (Å²) in [6.07, 6.45) is -1.34. The van der Waals surface area contributed by atoms with Crippen LogP contribution in [0.4, 0.5) is 13.2 Å². The summed E-state index contributed by atoms with van der Waals surface area (Å²) >= 11 is 0. The average Bonchev–Trinajstić information content (AvgIpc) is 3.47. The highest BCUT2D eigenvalue weighted by molar-refractivity contribution is 5.84. The predicted molar refractivity (Wildman–Crippen MR) is 113 cm³/mol. The summed E-state index contributed by atoms with van der Waals surface area (Å²) in [6.45, 7) is 0.301. The Balaban J connectivity index is 1.61. The number of aromatic nitrogens is 4. The number of nitrogens with zero attached hydrogens (tertiary/aromatic N) is 4. The van der Waals surface area contributed by atoms with Gasteiger partial charge in [0.1, 0.15) is 11.6 Å². The smallest absolute Gasteiger partial charge is 0.422 e. The molecule has 11 heteroatoms. The number of β-amino-alcohol motifs (C(OH)–C–C–N with tert-alkyl or cyclic N) is 1. The highest BCUT2D eigenvalue weighted by atomic mass is 19.4. The third kappa shape index (κ3) is 3.88. The molecule has 8 nitrogen and oxygen atoms in total. The van der Waals surface area contributed by atoms with Crippen molar-refractivity contribution in [1.29, 1.82) is 0 Å². The molecular formula is C22H20F3N5O3. The van der Waals surface area contributed by atoms with E-state index in [-0.39, 0.29) is 18.2 Å². The maximum atomic E-state index is 12.4. The molecule has 33 heavy (non-hydrogen) atoms. The first-order valence-corrected chi connectivity index (χ1v) is 10.3. The number of amides is 1. The second-order valence-corrected chi connectivity index (χ2v) is 8.01. The minimum atomic E-state index is -4.42. The molecule has 2 atom stereocenters. The van der Waals surface area contributed by atoms with Gasteiger partial charge in [0.25, 0.3) is 0 Å². The number of carbonyl (C=O) groups excluding carboxylic acids is 1. The first-order valence-electron chi connectivity index (χ1n) is 10.3. The summed E-state index contributed by atoms with van der Waals surface area (Å²) in [7, 11) is 0. The van der Waals surface area contributed by atoms with Gasteiger partial charge in [-0.1, -0.05) is 0 Å². The van der Waals surface area contributed by atoms with Crippen LogP contribution in [-0.4, -0.2) is 60.7 Å². The number of likely N-dealkylation sites (tertiary alicyclic amines) is 1. The Morgan fingerprint density at radius 2 is 2.00 bits per heavy atom. The highest BCUT2D eigenvalue weighted by Crippen LogP contribution is 2.37. The van der Waals surface area contributed by atoms with Gasteiger partial charge in [0.05, 0.1) is 35.1 Å². The molecule has 1 aliphatic heterocycles. The molecule has 1 aliphatic rings. The van der Waals surface area contributed by atoms with Crippen LogP contribution in [0.1, 0.15) is 25.2 Å². The van der Waals surface area contributed by atoms with E-state index in [1.807, 2.05) is 10.5 Å². The molecule has 0 saturated carbocycles. The third-order valence-corrected chi connectivity index (χ3v) is 5.71. The van der Waals surface area contributed by atoms with Crippen LogP contribution in [0.15, 0.2) is 42.7 Å². The van der Waals surface area contributed by atoms with Crippen molar-refractivity contribution in [1.82, 2.24) is 24.3 Å². The topological polar surface area (TPSA) is 95.8 Å². The van der Waals surface area contributed by atoms with Gasteiger partial charge in [-0.25, -0.2) is 9.97 Å². The van der Waals surface area contributed by atoms with Gasteiger partial charge in [-0.2, -0.15) is 13.2 Å². The average molecular weight is 459 g/mol. The lowest BCUT2D eigenvalue weighted by Crippen LogP contribution is -2.30. The van der Waals surface area contributed by atoms with E-state index in [9.17, 15) is 23.1 Å². The van der Waals surface area contributed by atoms with Crippen molar-refractivity contribution in [2.75, 3.05) is 13.2 Å². The maximum absolute atomic E-state index is 12.4. The van der Waals surface area contributed by atoms with E-state index >= 15 is 0 Å². The van der Waals surface area contributed by atoms with Crippen LogP contribution >= 0.6 is 0 Å². The van der Waals surface area contributed by atoms with E-state index in [0.717, 1.165) is 5.52 Å². The molecular weight excluding hydrogens is 439 g/mol. The summed E-state index contributed by atoms with van der Waals surface area (Å²) in [6, 6.07) is 7.58. The second kappa shape index (κ2) is 7.77. The molecule has 4 heterocycles. The molecule has 0 radical (unpaired) electrons. The fourth-order valence-electron chi connectivity index (χ4n) is 4.30. The highest BCUT2D eigenvalue weighted by Gasteiger charge is 2.37. The first-order chi connectivity index (χ1) is 15.7. The first kappa shape index (κ1) is 21.3. The SMILES string of the molecule is CC(=O)N1C[C@H](O)C[C@@H]1c1nc(-c2ccc(OCC(F)(F)F)cc2)c2cnc3[nH]ccc3n12. The summed E-state index contributed by atoms with van der Waals surface area (Å²) in [5, 5.41) is 10.2. The standard InChI is InChI=1S/C22H20F3N5O3/c1-12(31)29-10-14(32)8-17(29)21-28-19(18-9-27-20-16(30(18)21)6-7-26-20)13-2-4-15(5-3-13)33-11-22(23,24)25/h2-7,9,14,17,26,32H,8,10-11H2,1H3/t14-,17-/m1/s1. The number of fused-ring (bicyclic) bond motifs is 3. The quantitative estimate of drug-likeness (QED) is 0.487. The molecule has 0 aliphatic carbocycles. The summed E-state index contributed by atoms with van der Waals surface area (Å²) in [4.78, 5) is 26.2. The predicted octanol–water partition coefficient (Wildman–Crippen LogP) is 3.47. The van der Waals surface area contributed by atoms with Crippen LogP contribution in [0.5, 0.6) is 5.75 Å². The molecule has 1 saturated heterocycles. The summed E-state index contributed by atoms with van der Waals surface area (Å²) in [5.41, 5.74) is 3.29. The van der Waals surface area contributed by atoms with Crippen molar-refractivity contribution in [2.24, 2.45) is 0 Å². The zero-order valence-corrected chi connectivity index (χ0v) is 17.5. The molecule has 1 amide bonds. The van der Waals surface area contributed by atoms with E-state index < -0.39 is 24.9 Å². The van der Waals surface area contributed by atoms with Crippen molar-refractivity contribution in [2.45, 2.75) is 31.7 Å². The van der Waals surface area contributed by atoms with Gasteiger partial charge in [0.15, 0.2) is 12.3 Å². The number of rotatable bonds is 4. The fraction of sp³-hybridized carbons (Fsp3) is 0.318. The van der Waals surface area contributed by atoms with Gasteiger partial charge >= 0.3 is 6.18 Å². The maximum Gasteiger partial charge on any atom is 0.422 e. The number of H-pyrrole nitrogens is 1. The van der Waals surface area contributed by atoms with Gasteiger partial charge < -0.3 is 19.7 Å². The monoisotopic (exact) mass is 459 g/mol. The van der Waals surface area contributed by atoms with Crippen LogP contribution in [0.3, 0.4) is 0 Å². The molecule has 4 aromatic rings. The van der Waals surface area contributed by atoms with E-state index in [1.165, 1.54) is 19.1 Å². The molecule has 3 aromatic heterocycles. The number of ether oxygens (including phenoxy) is 1. The number of nitrogens with one attached hydrogen (secondary N) is 1. The van der Waals surface area contributed by atoms with Crippen molar-refractivity contribution < 1.29 is 27.8 Å². The second-order valence-electron chi connectivity index (χ2n) is 8.01. The fourth-order valence-corrected chi connectivity index (χ4v) is 4.30. The van der Waals surface area contributed by atoms with Crippen LogP contribution in [0.2, 0.25) is 0 Å². The van der Waals surface area contributed by atoms with Crippen LogP contribution in [-0.2, 0) is 4.79 Å². The van der Waals surface area contributed by atoms with Crippen molar-refractivity contribution in [3.05, 3.63) is 48.5 Å². The molecule has 0 bridgehead atoms. The summed E-state index contributed by atoms with van der Waals surface area (Å²) < 4.78 is 44.0. The molecule has 5 rings (SSSR count). The van der Waals surface area contributed by atoms with Gasteiger partial charge in [-0.05, 0) is 30.3 Å². The van der Waals surface area contributed by atoms with Crippen molar-refractivity contribution >= 4 is 22.6 Å². The number of halogens is 3. The number of aliphatic hydroxyl groups is 1. The lowest BCUT2D eigenvalue weighted by atomic mass is 10.1. The Bertz CT molecular complexity index is 1330. The van der Waals surface area contributed by atoms with Gasteiger partial charge in [-0.15, -0.1) is 0 Å². The molecule has 2 N–H and O–H groups in total. The number of alkyl halides is 3. The molecule has 0 unspecified atom stereocenters. The van der Waals surface area contributed by atoms with Gasteiger partial charge in [-0.3, -0.25) is 9.20 Å². The van der Waals surface area contributed by atoms with Crippen LogP contribution in [0, 0.1) is 0 Å². The minimum absolute atomic E-state index is 0.0904. The third-order valence-electron chi connectivity index (χ3n) is 5.71. The summed E-state index contributed by atoms with van der Waals surface area (Å²) in [5.74, 6) is 0.504. The van der Waals surface area contributed by atoms with E-state index in [1.54, 1.807) is 29.4 Å². The Kier molecular flexibility index (Phi) is 5.00. The Hall–Kier alpha value is -3.60. The van der Waals surface area contributed by atoms with Gasteiger partial charge in [0.2, 0.25) is 5.91 Å². The number of hydrogen-bond donors (Lipinski definition) is 2. The van der Waals surface area contributed by atoms with Gasteiger partial charge in [0, 0.05) is 31.6 Å². The van der Waals surface area contributed by atoms with Crippen LogP contribution < -0.4 is 4.74 Å². The number of aromatic amines is 1. The van der Waals surface area contributed by atoms with E-state index in [2.05, 4.69) is 9.97 Å². The zero-order chi connectivity index (χ0) is 23.3. The minimum Gasteiger partial charge on any atom is -0.484 e. The number of carbonyl (C=O) groups is 1. The molecule has 0 spiro atoms. The largest absolute Gasteiger partial charge is 0.484 e. The number of aliphatic hydroxyl groups excluding tert-OH is 1. The molecule has 1 aromatic carbocycles. The van der Waals surface area contributed by atoms with E-state index in [4.69, 9.17) is 9.72 Å². The Labute approximate surface area is 185 Å². The van der Waals surface area contributed by atoms with Crippen LogP contribution in [0.25, 0.3) is 27.9 Å². The van der Waals surface area contributed by atoms with Crippen molar-refractivity contribution in [3.63, 3.8) is 0 Å². The zero-order valence-electron chi connectivity index (χ0n) is 17.5. The number of benzene rings is 1. The number of imidazole rings is 1. The lowest BCUT2D eigenvalue weighted by molar-refractivity contribution is -0.153.